The van der Waals surface area contributed by atoms with Gasteiger partial charge < -0.3 is 19.7 Å². The van der Waals surface area contributed by atoms with E-state index in [0.29, 0.717) is 54.9 Å². The van der Waals surface area contributed by atoms with Gasteiger partial charge in [-0.3, -0.25) is 4.79 Å². The molecule has 2 aromatic carbocycles. The highest BCUT2D eigenvalue weighted by atomic mass is 19.1. The van der Waals surface area contributed by atoms with Gasteiger partial charge in [0.05, 0.1) is 5.56 Å². The molecule has 6 nitrogen and oxygen atoms in total. The average Bonchev–Trinajstić information content (AvgIpc) is 2.77. The molecule has 0 saturated carbocycles. The lowest BCUT2D eigenvalue weighted by Crippen LogP contribution is -2.31. The molecule has 1 N–H and O–H groups in total. The Bertz CT molecular complexity index is 1060. The minimum Gasteiger partial charge on any atom is -0.486 e. The number of nitrogens with zero attached hydrogens (tertiary/aromatic N) is 2. The fourth-order valence-electron chi connectivity index (χ4n) is 3.34. The van der Waals surface area contributed by atoms with E-state index in [4.69, 9.17) is 9.47 Å². The third-order valence-electron chi connectivity index (χ3n) is 4.80. The summed E-state index contributed by atoms with van der Waals surface area (Å²) in [5.41, 5.74) is 1.81. The minimum absolute atomic E-state index is 0.182. The molecular formula is C23H22FN3O3. The fraction of sp³-hybridized carbons (Fsp3) is 0.217. The van der Waals surface area contributed by atoms with Crippen LogP contribution in [0.5, 0.6) is 11.5 Å². The first-order chi connectivity index (χ1) is 14.7. The predicted octanol–water partition coefficient (Wildman–Crippen LogP) is 4.40. The van der Waals surface area contributed by atoms with Crippen molar-refractivity contribution < 1.29 is 18.7 Å². The van der Waals surface area contributed by atoms with Gasteiger partial charge in [-0.1, -0.05) is 18.2 Å². The number of para-hydroxylation sites is 1. The quantitative estimate of drug-likeness (QED) is 0.656. The number of nitrogens with one attached hydrogen (secondary N) is 1. The third-order valence-corrected chi connectivity index (χ3v) is 4.80. The summed E-state index contributed by atoms with van der Waals surface area (Å²) < 4.78 is 25.0. The Kier molecular flexibility index (Phi) is 5.79. The fourth-order valence-corrected chi connectivity index (χ4v) is 3.34. The molecule has 0 atom stereocenters. The number of benzene rings is 2. The Labute approximate surface area is 174 Å². The number of hydrogen-bond donors (Lipinski definition) is 1. The first-order valence-corrected chi connectivity index (χ1v) is 9.80. The van der Waals surface area contributed by atoms with Gasteiger partial charge in [-0.15, -0.1) is 0 Å². The van der Waals surface area contributed by atoms with E-state index in [1.807, 2.05) is 25.1 Å². The van der Waals surface area contributed by atoms with Crippen LogP contribution in [0, 0.1) is 5.82 Å². The van der Waals surface area contributed by atoms with Crippen LogP contribution in [-0.2, 0) is 6.54 Å². The number of amides is 1. The van der Waals surface area contributed by atoms with E-state index in [0.717, 1.165) is 5.56 Å². The summed E-state index contributed by atoms with van der Waals surface area (Å²) in [7, 11) is 0. The lowest BCUT2D eigenvalue weighted by atomic mass is 10.1. The van der Waals surface area contributed by atoms with Crippen molar-refractivity contribution in [1.29, 1.82) is 0 Å². The molecule has 1 aliphatic rings. The second-order valence-electron chi connectivity index (χ2n) is 6.80. The van der Waals surface area contributed by atoms with Crippen LogP contribution in [-0.4, -0.2) is 35.5 Å². The average molecular weight is 407 g/mol. The Balaban J connectivity index is 1.59. The molecule has 1 amide bonds. The lowest BCUT2D eigenvalue weighted by Gasteiger charge is -2.26. The predicted molar refractivity (Wildman–Crippen MR) is 112 cm³/mol. The molecule has 1 aromatic heterocycles. The highest BCUT2D eigenvalue weighted by molar-refractivity contribution is 5.99. The second kappa shape index (κ2) is 8.82. The van der Waals surface area contributed by atoms with Crippen LogP contribution in [0.25, 0.3) is 0 Å². The van der Waals surface area contributed by atoms with Gasteiger partial charge in [-0.05, 0) is 43.3 Å². The summed E-state index contributed by atoms with van der Waals surface area (Å²) in [5.74, 6) is 1.20. The van der Waals surface area contributed by atoms with Crippen molar-refractivity contribution in [3.63, 3.8) is 0 Å². The Morgan fingerprint density at radius 2 is 1.97 bits per heavy atom. The second-order valence-corrected chi connectivity index (χ2v) is 6.80. The van der Waals surface area contributed by atoms with Crippen LogP contribution in [0.2, 0.25) is 0 Å². The molecule has 30 heavy (non-hydrogen) atoms. The van der Waals surface area contributed by atoms with Gasteiger partial charge in [-0.25, -0.2) is 9.37 Å². The molecule has 4 rings (SSSR count). The zero-order chi connectivity index (χ0) is 20.9. The van der Waals surface area contributed by atoms with Crippen LogP contribution < -0.4 is 14.8 Å². The van der Waals surface area contributed by atoms with Gasteiger partial charge in [-0.2, -0.15) is 0 Å². The first-order valence-electron chi connectivity index (χ1n) is 9.80. The van der Waals surface area contributed by atoms with Gasteiger partial charge in [0.2, 0.25) is 0 Å². The molecule has 0 unspecified atom stereocenters. The summed E-state index contributed by atoms with van der Waals surface area (Å²) in [6, 6.07) is 15.1. The normalized spacial score (nSPS) is 12.3. The van der Waals surface area contributed by atoms with Crippen molar-refractivity contribution in [2.45, 2.75) is 13.5 Å². The van der Waals surface area contributed by atoms with E-state index in [1.165, 1.54) is 12.1 Å². The molecule has 0 fully saturated rings. The highest BCUT2D eigenvalue weighted by Crippen LogP contribution is 2.34. The zero-order valence-corrected chi connectivity index (χ0v) is 16.6. The van der Waals surface area contributed by atoms with E-state index in [9.17, 15) is 9.18 Å². The smallest absolute Gasteiger partial charge is 0.257 e. The molecule has 0 spiro atoms. The van der Waals surface area contributed by atoms with Gasteiger partial charge in [0.15, 0.2) is 11.5 Å². The van der Waals surface area contributed by atoms with Gasteiger partial charge in [0.25, 0.3) is 5.91 Å². The topological polar surface area (TPSA) is 63.7 Å². The molecule has 0 bridgehead atoms. The number of carbonyl (C=O) groups is 1. The van der Waals surface area contributed by atoms with Crippen LogP contribution in [0.1, 0.15) is 22.8 Å². The van der Waals surface area contributed by atoms with E-state index >= 15 is 0 Å². The highest BCUT2D eigenvalue weighted by Gasteiger charge is 2.22. The molecule has 0 radical (unpaired) electrons. The van der Waals surface area contributed by atoms with Crippen LogP contribution in [0.4, 0.5) is 15.9 Å². The summed E-state index contributed by atoms with van der Waals surface area (Å²) >= 11 is 0. The van der Waals surface area contributed by atoms with Crippen molar-refractivity contribution >= 4 is 17.4 Å². The molecule has 1 aliphatic heterocycles. The minimum atomic E-state index is -0.366. The SMILES string of the molecule is CCN(Cc1cccc2c1OCCO2)C(=O)c1cccnc1Nc1cccc(F)c1. The van der Waals surface area contributed by atoms with E-state index in [2.05, 4.69) is 10.3 Å². The number of halogens is 1. The number of hydrogen-bond acceptors (Lipinski definition) is 5. The van der Waals surface area contributed by atoms with Gasteiger partial charge in [0.1, 0.15) is 24.8 Å². The van der Waals surface area contributed by atoms with Crippen molar-refractivity contribution in [3.8, 4) is 11.5 Å². The molecule has 0 aliphatic carbocycles. The van der Waals surface area contributed by atoms with Crippen LogP contribution >= 0.6 is 0 Å². The summed E-state index contributed by atoms with van der Waals surface area (Å²) in [4.78, 5) is 19.3. The summed E-state index contributed by atoms with van der Waals surface area (Å²) in [6.45, 7) is 3.78. The van der Waals surface area contributed by atoms with Crippen LogP contribution in [0.3, 0.4) is 0 Å². The molecular weight excluding hydrogens is 385 g/mol. The number of aromatic nitrogens is 1. The maximum atomic E-state index is 13.5. The number of anilines is 2. The standard InChI is InChI=1S/C23H22FN3O3/c1-2-27(15-16-6-3-10-20-21(16)30-13-12-29-20)23(28)19-9-5-11-25-22(19)26-18-8-4-7-17(24)14-18/h3-11,14H,2,12-13,15H2,1H3,(H,25,26). The number of pyridine rings is 1. The van der Waals surface area contributed by atoms with Gasteiger partial charge >= 0.3 is 0 Å². The molecule has 2 heterocycles. The third kappa shape index (κ3) is 4.20. The Morgan fingerprint density at radius 3 is 2.80 bits per heavy atom. The maximum absolute atomic E-state index is 13.5. The van der Waals surface area contributed by atoms with E-state index in [-0.39, 0.29) is 11.7 Å². The Hall–Kier alpha value is -3.61. The van der Waals surface area contributed by atoms with E-state index < -0.39 is 0 Å². The largest absolute Gasteiger partial charge is 0.486 e. The number of fused-ring (bicyclic) bond motifs is 1. The van der Waals surface area contributed by atoms with Gasteiger partial charge in [0, 0.05) is 30.5 Å². The molecule has 154 valence electrons. The number of ether oxygens (including phenoxy) is 2. The maximum Gasteiger partial charge on any atom is 0.257 e. The first kappa shape index (κ1) is 19.7. The Morgan fingerprint density at radius 1 is 1.13 bits per heavy atom. The lowest BCUT2D eigenvalue weighted by molar-refractivity contribution is 0.0750. The zero-order valence-electron chi connectivity index (χ0n) is 16.6. The van der Waals surface area contributed by atoms with Crippen molar-refractivity contribution in [2.75, 3.05) is 25.1 Å². The van der Waals surface area contributed by atoms with Crippen molar-refractivity contribution in [3.05, 3.63) is 77.7 Å². The summed E-state index contributed by atoms with van der Waals surface area (Å²) in [5, 5.41) is 3.04. The molecule has 0 saturated heterocycles. The molecule has 3 aromatic rings. The van der Waals surface area contributed by atoms with Crippen molar-refractivity contribution in [2.24, 2.45) is 0 Å². The monoisotopic (exact) mass is 407 g/mol. The summed E-state index contributed by atoms with van der Waals surface area (Å²) in [6.07, 6.45) is 1.59. The van der Waals surface area contributed by atoms with Crippen molar-refractivity contribution in [1.82, 2.24) is 9.88 Å². The number of carbonyl (C=O) groups excluding carboxylic acids is 1. The molecule has 7 heteroatoms. The van der Waals surface area contributed by atoms with E-state index in [1.54, 1.807) is 35.4 Å². The number of rotatable bonds is 6. The van der Waals surface area contributed by atoms with Crippen LogP contribution in [0.15, 0.2) is 60.8 Å².